The Kier molecular flexibility index (Phi) is 8.07. The number of benzene rings is 5. The molecule has 1 amide bonds. The number of rotatable bonds is 9. The minimum Gasteiger partial charge on any atom is -0.480 e. The molecule has 1 unspecified atom stereocenters. The fourth-order valence-electron chi connectivity index (χ4n) is 5.03. The minimum absolute atomic E-state index is 0.198. The predicted molar refractivity (Wildman–Crippen MR) is 161 cm³/mol. The Labute approximate surface area is 235 Å². The molecule has 0 heterocycles. The van der Waals surface area contributed by atoms with Gasteiger partial charge in [-0.3, -0.25) is 4.79 Å². The van der Waals surface area contributed by atoms with Gasteiger partial charge < -0.3 is 10.0 Å². The summed E-state index contributed by atoms with van der Waals surface area (Å²) in [5.41, 5.74) is 5.59. The second-order valence-electron chi connectivity index (χ2n) is 10.5. The van der Waals surface area contributed by atoms with Crippen LogP contribution in [-0.2, 0) is 17.8 Å². The number of nitrogens with zero attached hydrogens (tertiary/aromatic N) is 1. The van der Waals surface area contributed by atoms with Gasteiger partial charge in [0.25, 0.3) is 5.91 Å². The number of amides is 1. The third-order valence-electron chi connectivity index (χ3n) is 7.41. The van der Waals surface area contributed by atoms with Crippen LogP contribution < -0.4 is 0 Å². The molecule has 5 aromatic rings. The van der Waals surface area contributed by atoms with E-state index in [1.165, 1.54) is 10.5 Å². The highest BCUT2D eigenvalue weighted by molar-refractivity contribution is 6.00. The van der Waals surface area contributed by atoms with Gasteiger partial charge in [0.05, 0.1) is 0 Å². The summed E-state index contributed by atoms with van der Waals surface area (Å²) >= 11 is 0. The molecular formula is C36H33NO3. The van der Waals surface area contributed by atoms with Crippen LogP contribution in [0.1, 0.15) is 46.8 Å². The molecular weight excluding hydrogens is 494 g/mol. The van der Waals surface area contributed by atoms with E-state index in [0.29, 0.717) is 11.5 Å². The van der Waals surface area contributed by atoms with Crippen molar-refractivity contribution in [2.45, 2.75) is 38.8 Å². The van der Waals surface area contributed by atoms with Crippen molar-refractivity contribution in [1.82, 2.24) is 4.90 Å². The molecule has 0 fully saturated rings. The number of fused-ring (bicyclic) bond motifs is 1. The molecule has 0 aliphatic rings. The molecule has 5 rings (SSSR count). The van der Waals surface area contributed by atoms with E-state index in [1.54, 1.807) is 6.07 Å². The van der Waals surface area contributed by atoms with E-state index in [1.807, 2.05) is 103 Å². The van der Waals surface area contributed by atoms with Crippen LogP contribution in [0.4, 0.5) is 0 Å². The second kappa shape index (κ2) is 12.0. The van der Waals surface area contributed by atoms with Crippen molar-refractivity contribution in [3.63, 3.8) is 0 Å². The van der Waals surface area contributed by atoms with Crippen molar-refractivity contribution in [3.8, 4) is 11.1 Å². The fraction of sp³-hybridized carbons (Fsp3) is 0.167. The summed E-state index contributed by atoms with van der Waals surface area (Å²) in [6.45, 7) is 4.46. The zero-order chi connectivity index (χ0) is 28.1. The summed E-state index contributed by atoms with van der Waals surface area (Å²) in [7, 11) is 0. The van der Waals surface area contributed by atoms with Crippen molar-refractivity contribution in [2.24, 2.45) is 0 Å². The summed E-state index contributed by atoms with van der Waals surface area (Å²) in [5, 5.41) is 12.4. The average molecular weight is 528 g/mol. The van der Waals surface area contributed by atoms with E-state index in [-0.39, 0.29) is 18.9 Å². The smallest absolute Gasteiger partial charge is 0.326 e. The van der Waals surface area contributed by atoms with Gasteiger partial charge in [-0.2, -0.15) is 0 Å². The van der Waals surface area contributed by atoms with Crippen LogP contribution in [0.25, 0.3) is 21.9 Å². The molecule has 200 valence electrons. The number of carbonyl (C=O) groups excluding carboxylic acids is 1. The first-order chi connectivity index (χ1) is 19.4. The maximum Gasteiger partial charge on any atom is 0.326 e. The molecule has 4 heteroatoms. The number of hydrogen-bond acceptors (Lipinski definition) is 2. The number of aliphatic carboxylic acids is 1. The first kappa shape index (κ1) is 26.9. The Bertz CT molecular complexity index is 1610. The largest absolute Gasteiger partial charge is 0.480 e. The Hall–Kier alpha value is -4.70. The zero-order valence-electron chi connectivity index (χ0n) is 22.8. The van der Waals surface area contributed by atoms with Crippen LogP contribution in [-0.4, -0.2) is 27.9 Å². The monoisotopic (exact) mass is 527 g/mol. The zero-order valence-corrected chi connectivity index (χ0v) is 22.8. The minimum atomic E-state index is -1.04. The van der Waals surface area contributed by atoms with Crippen LogP contribution in [0.5, 0.6) is 0 Å². The van der Waals surface area contributed by atoms with E-state index in [9.17, 15) is 14.7 Å². The van der Waals surface area contributed by atoms with E-state index in [4.69, 9.17) is 0 Å². The molecule has 0 saturated carbocycles. The van der Waals surface area contributed by atoms with Gasteiger partial charge in [0.1, 0.15) is 6.04 Å². The van der Waals surface area contributed by atoms with Gasteiger partial charge in [-0.05, 0) is 56.6 Å². The van der Waals surface area contributed by atoms with Crippen LogP contribution in [0, 0.1) is 0 Å². The Balaban J connectivity index is 1.48. The summed E-state index contributed by atoms with van der Waals surface area (Å²) in [4.78, 5) is 28.2. The van der Waals surface area contributed by atoms with Crippen molar-refractivity contribution in [1.29, 1.82) is 0 Å². The number of hydrogen-bond donors (Lipinski definition) is 1. The Morgan fingerprint density at radius 1 is 0.675 bits per heavy atom. The quantitative estimate of drug-likeness (QED) is 0.211. The third kappa shape index (κ3) is 6.13. The third-order valence-corrected chi connectivity index (χ3v) is 7.41. The molecule has 0 spiro atoms. The van der Waals surface area contributed by atoms with E-state index in [2.05, 4.69) is 26.0 Å². The van der Waals surface area contributed by atoms with Crippen LogP contribution in [0.3, 0.4) is 0 Å². The van der Waals surface area contributed by atoms with Crippen molar-refractivity contribution < 1.29 is 14.7 Å². The van der Waals surface area contributed by atoms with Crippen LogP contribution >= 0.6 is 0 Å². The topological polar surface area (TPSA) is 57.6 Å². The fourth-order valence-corrected chi connectivity index (χ4v) is 5.03. The van der Waals surface area contributed by atoms with Crippen molar-refractivity contribution in [2.75, 3.05) is 0 Å². The molecule has 0 aliphatic heterocycles. The van der Waals surface area contributed by atoms with Gasteiger partial charge >= 0.3 is 5.97 Å². The Morgan fingerprint density at radius 2 is 1.27 bits per heavy atom. The van der Waals surface area contributed by atoms with Crippen LogP contribution in [0.15, 0.2) is 121 Å². The summed E-state index contributed by atoms with van der Waals surface area (Å²) in [6.07, 6.45) is 0.202. The van der Waals surface area contributed by atoms with Gasteiger partial charge in [0.15, 0.2) is 0 Å². The number of carboxylic acids is 1. The number of carbonyl (C=O) groups is 2. The lowest BCUT2D eigenvalue weighted by Gasteiger charge is -2.30. The van der Waals surface area contributed by atoms with Crippen molar-refractivity contribution in [3.05, 3.63) is 144 Å². The highest BCUT2D eigenvalue weighted by Crippen LogP contribution is 2.24. The molecule has 1 atom stereocenters. The molecule has 0 saturated heterocycles. The van der Waals surface area contributed by atoms with Gasteiger partial charge in [-0.15, -0.1) is 0 Å². The highest BCUT2D eigenvalue weighted by Gasteiger charge is 2.31. The van der Waals surface area contributed by atoms with Gasteiger partial charge in [-0.25, -0.2) is 4.79 Å². The molecule has 0 bridgehead atoms. The SMILES string of the molecule is CC(C)c1ccc(CN(C(=O)c2ccc3ccccc3c2)C(Cc2ccc(-c3ccccc3)cc2)C(=O)O)cc1. The first-order valence-electron chi connectivity index (χ1n) is 13.6. The van der Waals surface area contributed by atoms with Gasteiger partial charge in [0, 0.05) is 18.5 Å². The van der Waals surface area contributed by atoms with E-state index >= 15 is 0 Å². The molecule has 40 heavy (non-hydrogen) atoms. The lowest BCUT2D eigenvalue weighted by molar-refractivity contribution is -0.142. The Morgan fingerprint density at radius 3 is 1.93 bits per heavy atom. The molecule has 1 N–H and O–H groups in total. The summed E-state index contributed by atoms with van der Waals surface area (Å²) in [5.74, 6) is -0.943. The molecule has 5 aromatic carbocycles. The maximum absolute atomic E-state index is 14.0. The lowest BCUT2D eigenvalue weighted by Crippen LogP contribution is -2.46. The second-order valence-corrected chi connectivity index (χ2v) is 10.5. The van der Waals surface area contributed by atoms with Gasteiger partial charge in [0.2, 0.25) is 0 Å². The molecule has 0 aromatic heterocycles. The summed E-state index contributed by atoms with van der Waals surface area (Å²) in [6, 6.07) is 38.4. The normalized spacial score (nSPS) is 11.9. The summed E-state index contributed by atoms with van der Waals surface area (Å²) < 4.78 is 0. The first-order valence-corrected chi connectivity index (χ1v) is 13.6. The molecule has 0 radical (unpaired) electrons. The number of carboxylic acid groups (broad SMARTS) is 1. The predicted octanol–water partition coefficient (Wildman–Crippen LogP) is 7.97. The average Bonchev–Trinajstić information content (AvgIpc) is 2.99. The molecule has 4 nitrogen and oxygen atoms in total. The van der Waals surface area contributed by atoms with E-state index in [0.717, 1.165) is 33.0 Å². The van der Waals surface area contributed by atoms with Crippen molar-refractivity contribution >= 4 is 22.6 Å². The van der Waals surface area contributed by atoms with E-state index < -0.39 is 12.0 Å². The van der Waals surface area contributed by atoms with Crippen LogP contribution in [0.2, 0.25) is 0 Å². The lowest BCUT2D eigenvalue weighted by atomic mass is 9.98. The highest BCUT2D eigenvalue weighted by atomic mass is 16.4. The molecule has 0 aliphatic carbocycles. The maximum atomic E-state index is 14.0. The standard InChI is InChI=1S/C36H33NO3/c1-25(2)28-16-14-27(15-17-28)24-37(35(38)33-21-20-30-10-6-7-11-32(30)23-33)34(36(39)40)22-26-12-18-31(19-13-26)29-8-4-3-5-9-29/h3-21,23,25,34H,22,24H2,1-2H3,(H,39,40). The van der Waals surface area contributed by atoms with Gasteiger partial charge in [-0.1, -0.05) is 123 Å².